The molecule has 0 atom stereocenters. The molecule has 0 aliphatic carbocycles. The van der Waals surface area contributed by atoms with Gasteiger partial charge >= 0.3 is 0 Å². The molecule has 0 radical (unpaired) electrons. The summed E-state index contributed by atoms with van der Waals surface area (Å²) in [7, 11) is 0. The molecular weight excluding hydrogens is 280 g/mol. The molecule has 1 amide bonds. The quantitative estimate of drug-likeness (QED) is 0.773. The van der Waals surface area contributed by atoms with Crippen LogP contribution in [-0.4, -0.2) is 21.1 Å². The summed E-state index contributed by atoms with van der Waals surface area (Å²) in [4.78, 5) is 27.2. The Morgan fingerprint density at radius 2 is 1.77 bits per heavy atom. The number of pyridine rings is 1. The summed E-state index contributed by atoms with van der Waals surface area (Å²) >= 11 is 0. The monoisotopic (exact) mass is 292 g/mol. The molecule has 0 bridgehead atoms. The maximum atomic E-state index is 12.2. The van der Waals surface area contributed by atoms with Crippen LogP contribution in [0.3, 0.4) is 0 Å². The third-order valence-electron chi connectivity index (χ3n) is 3.07. The van der Waals surface area contributed by atoms with Crippen molar-refractivity contribution in [3.63, 3.8) is 0 Å². The zero-order valence-electron chi connectivity index (χ0n) is 11.5. The number of carbonyl (C=O) groups is 1. The first-order valence-electron chi connectivity index (χ1n) is 6.60. The maximum absolute atomic E-state index is 12.2. The lowest BCUT2D eigenvalue weighted by Gasteiger charge is -2.10. The lowest BCUT2D eigenvalue weighted by atomic mass is 10.1. The number of hydrogen-bond acceptors (Lipinski definition) is 4. The molecule has 108 valence electrons. The van der Waals surface area contributed by atoms with Crippen LogP contribution in [0.1, 0.15) is 10.4 Å². The van der Waals surface area contributed by atoms with E-state index in [1.807, 2.05) is 18.2 Å². The molecule has 0 fully saturated rings. The number of nitrogens with zero attached hydrogens (tertiary/aromatic N) is 2. The topological polar surface area (TPSA) is 87.7 Å². The molecule has 1 aromatic carbocycles. The highest BCUT2D eigenvalue weighted by atomic mass is 16.1. The van der Waals surface area contributed by atoms with Gasteiger partial charge in [-0.15, -0.1) is 0 Å². The summed E-state index contributed by atoms with van der Waals surface area (Å²) in [5, 5.41) is 9.22. The Kier molecular flexibility index (Phi) is 3.74. The molecule has 6 nitrogen and oxygen atoms in total. The van der Waals surface area contributed by atoms with Crippen LogP contribution >= 0.6 is 0 Å². The van der Waals surface area contributed by atoms with Gasteiger partial charge in [-0.2, -0.15) is 5.10 Å². The minimum absolute atomic E-state index is 0.237. The minimum Gasteiger partial charge on any atom is -0.321 e. The SMILES string of the molecule is O=C(Nc1ccccc1-c1ccc(=O)[nH]n1)c1ccncc1. The number of nitrogens with one attached hydrogen (secondary N) is 2. The Morgan fingerprint density at radius 1 is 1.00 bits per heavy atom. The van der Waals surface area contributed by atoms with Crippen molar-refractivity contribution in [1.29, 1.82) is 0 Å². The fraction of sp³-hybridized carbons (Fsp3) is 0. The standard InChI is InChI=1S/C16H12N4O2/c21-15-6-5-14(19-20-15)12-3-1-2-4-13(12)18-16(22)11-7-9-17-10-8-11/h1-10H,(H,18,22)(H,20,21). The van der Waals surface area contributed by atoms with Gasteiger partial charge in [-0.3, -0.25) is 14.6 Å². The molecule has 3 rings (SSSR count). The van der Waals surface area contributed by atoms with Crippen molar-refractivity contribution >= 4 is 11.6 Å². The Balaban J connectivity index is 1.93. The predicted octanol–water partition coefficient (Wildman–Crippen LogP) is 2.08. The van der Waals surface area contributed by atoms with Crippen molar-refractivity contribution in [2.75, 3.05) is 5.32 Å². The molecule has 6 heteroatoms. The number of amides is 1. The third-order valence-corrected chi connectivity index (χ3v) is 3.07. The highest BCUT2D eigenvalue weighted by molar-refractivity contribution is 6.06. The molecule has 0 unspecified atom stereocenters. The van der Waals surface area contributed by atoms with E-state index in [0.29, 0.717) is 16.9 Å². The molecule has 3 aromatic rings. The molecule has 2 aromatic heterocycles. The molecule has 22 heavy (non-hydrogen) atoms. The molecule has 0 aliphatic rings. The minimum atomic E-state index is -0.276. The molecule has 2 N–H and O–H groups in total. The van der Waals surface area contributed by atoms with E-state index in [0.717, 1.165) is 5.56 Å². The van der Waals surface area contributed by atoms with Crippen LogP contribution in [-0.2, 0) is 0 Å². The smallest absolute Gasteiger partial charge is 0.264 e. The summed E-state index contributed by atoms with van der Waals surface area (Å²) < 4.78 is 0. The summed E-state index contributed by atoms with van der Waals surface area (Å²) in [6, 6.07) is 13.5. The predicted molar refractivity (Wildman–Crippen MR) is 82.5 cm³/mol. The van der Waals surface area contributed by atoms with Crippen LogP contribution in [0.4, 0.5) is 5.69 Å². The normalized spacial score (nSPS) is 10.2. The highest BCUT2D eigenvalue weighted by Gasteiger charge is 2.10. The molecule has 0 saturated carbocycles. The summed E-state index contributed by atoms with van der Waals surface area (Å²) in [5.41, 5.74) is 2.15. The Labute approximate surface area is 125 Å². The number of hydrogen-bond donors (Lipinski definition) is 2. The average Bonchev–Trinajstić information content (AvgIpc) is 2.57. The van der Waals surface area contributed by atoms with Crippen molar-refractivity contribution in [2.45, 2.75) is 0 Å². The van der Waals surface area contributed by atoms with Gasteiger partial charge in [0, 0.05) is 29.6 Å². The summed E-state index contributed by atoms with van der Waals surface area (Å²) in [5.74, 6) is -0.237. The van der Waals surface area contributed by atoms with Gasteiger partial charge in [-0.05, 0) is 24.3 Å². The second kappa shape index (κ2) is 6.01. The van der Waals surface area contributed by atoms with Gasteiger partial charge in [0.15, 0.2) is 0 Å². The second-order valence-corrected chi connectivity index (χ2v) is 4.54. The fourth-order valence-electron chi connectivity index (χ4n) is 2.01. The summed E-state index contributed by atoms with van der Waals surface area (Å²) in [6.07, 6.45) is 3.12. The summed E-state index contributed by atoms with van der Waals surface area (Å²) in [6.45, 7) is 0. The van der Waals surface area contributed by atoms with E-state index < -0.39 is 0 Å². The third kappa shape index (κ3) is 2.90. The lowest BCUT2D eigenvalue weighted by Crippen LogP contribution is -2.13. The van der Waals surface area contributed by atoms with Crippen molar-refractivity contribution < 1.29 is 4.79 Å². The van der Waals surface area contributed by atoms with E-state index in [4.69, 9.17) is 0 Å². The van der Waals surface area contributed by atoms with E-state index in [2.05, 4.69) is 20.5 Å². The first kappa shape index (κ1) is 13.7. The van der Waals surface area contributed by atoms with Crippen molar-refractivity contribution in [3.05, 3.63) is 76.8 Å². The number of carbonyl (C=O) groups excluding carboxylic acids is 1. The van der Waals surface area contributed by atoms with Crippen molar-refractivity contribution in [2.24, 2.45) is 0 Å². The maximum Gasteiger partial charge on any atom is 0.264 e. The van der Waals surface area contributed by atoms with E-state index in [1.54, 1.807) is 36.7 Å². The van der Waals surface area contributed by atoms with E-state index in [9.17, 15) is 9.59 Å². The number of benzene rings is 1. The Hall–Kier alpha value is -3.28. The van der Waals surface area contributed by atoms with Crippen LogP contribution < -0.4 is 10.9 Å². The van der Waals surface area contributed by atoms with Crippen LogP contribution in [0.15, 0.2) is 65.7 Å². The van der Waals surface area contributed by atoms with E-state index >= 15 is 0 Å². The van der Waals surface area contributed by atoms with Crippen LogP contribution in [0.5, 0.6) is 0 Å². The number of anilines is 1. The van der Waals surface area contributed by atoms with Gasteiger partial charge in [0.1, 0.15) is 0 Å². The molecule has 0 saturated heterocycles. The van der Waals surface area contributed by atoms with E-state index in [1.165, 1.54) is 6.07 Å². The first-order chi connectivity index (χ1) is 10.7. The van der Waals surface area contributed by atoms with Gasteiger partial charge in [0.2, 0.25) is 0 Å². The van der Waals surface area contributed by atoms with Gasteiger partial charge in [-0.1, -0.05) is 18.2 Å². The molecule has 0 aliphatic heterocycles. The number of aromatic amines is 1. The number of H-pyrrole nitrogens is 1. The first-order valence-corrected chi connectivity index (χ1v) is 6.60. The lowest BCUT2D eigenvalue weighted by molar-refractivity contribution is 0.102. The zero-order chi connectivity index (χ0) is 15.4. The van der Waals surface area contributed by atoms with Crippen LogP contribution in [0, 0.1) is 0 Å². The average molecular weight is 292 g/mol. The Morgan fingerprint density at radius 3 is 2.50 bits per heavy atom. The van der Waals surface area contributed by atoms with Gasteiger partial charge < -0.3 is 5.32 Å². The van der Waals surface area contributed by atoms with Crippen molar-refractivity contribution in [3.8, 4) is 11.3 Å². The highest BCUT2D eigenvalue weighted by Crippen LogP contribution is 2.25. The molecule has 0 spiro atoms. The molecular formula is C16H12N4O2. The van der Waals surface area contributed by atoms with Crippen LogP contribution in [0.25, 0.3) is 11.3 Å². The molecule has 2 heterocycles. The largest absolute Gasteiger partial charge is 0.321 e. The van der Waals surface area contributed by atoms with Crippen molar-refractivity contribution in [1.82, 2.24) is 15.2 Å². The zero-order valence-corrected chi connectivity index (χ0v) is 11.5. The number of aromatic nitrogens is 3. The van der Waals surface area contributed by atoms with Gasteiger partial charge in [0.05, 0.1) is 11.4 Å². The van der Waals surface area contributed by atoms with E-state index in [-0.39, 0.29) is 11.5 Å². The van der Waals surface area contributed by atoms with Crippen LogP contribution in [0.2, 0.25) is 0 Å². The number of rotatable bonds is 3. The fourth-order valence-corrected chi connectivity index (χ4v) is 2.01. The number of para-hydroxylation sites is 1. The second-order valence-electron chi connectivity index (χ2n) is 4.54. The Bertz CT molecular complexity index is 839. The van der Waals surface area contributed by atoms with Gasteiger partial charge in [-0.25, -0.2) is 5.10 Å². The van der Waals surface area contributed by atoms with Gasteiger partial charge in [0.25, 0.3) is 11.5 Å².